The Labute approximate surface area is 149 Å². The number of nitrogens with zero attached hydrogens (tertiary/aromatic N) is 1. The summed E-state index contributed by atoms with van der Waals surface area (Å²) in [6, 6.07) is 5.52. The smallest absolute Gasteiger partial charge is 0.379 e. The molecule has 11 heteroatoms. The van der Waals surface area contributed by atoms with Crippen LogP contribution in [0, 0.1) is 17.1 Å². The molecule has 0 fully saturated rings. The highest BCUT2D eigenvalue weighted by molar-refractivity contribution is 7.92. The van der Waals surface area contributed by atoms with E-state index in [9.17, 15) is 35.5 Å². The van der Waals surface area contributed by atoms with Crippen LogP contribution < -0.4 is 4.74 Å². The minimum atomic E-state index is -5.37. The minimum Gasteiger partial charge on any atom is -0.457 e. The first-order valence-corrected chi connectivity index (χ1v) is 8.63. The summed E-state index contributed by atoms with van der Waals surface area (Å²) in [5.74, 6) is -2.07. The van der Waals surface area contributed by atoms with Crippen LogP contribution in [-0.2, 0) is 9.84 Å². The number of hydrogen-bond donors (Lipinski definition) is 1. The van der Waals surface area contributed by atoms with Gasteiger partial charge in [0.05, 0.1) is 22.1 Å². The van der Waals surface area contributed by atoms with Gasteiger partial charge < -0.3 is 9.84 Å². The third kappa shape index (κ3) is 2.81. The average Bonchev–Trinajstić information content (AvgIpc) is 2.71. The van der Waals surface area contributed by atoms with Crippen LogP contribution in [-0.4, -0.2) is 18.8 Å². The third-order valence-corrected chi connectivity index (χ3v) is 5.77. The van der Waals surface area contributed by atoms with Crippen molar-refractivity contribution in [2.45, 2.75) is 22.7 Å². The molecule has 0 unspecified atom stereocenters. The zero-order chi connectivity index (χ0) is 20.1. The van der Waals surface area contributed by atoms with Gasteiger partial charge in [-0.1, -0.05) is 0 Å². The Morgan fingerprint density at radius 3 is 2.48 bits per heavy atom. The lowest BCUT2D eigenvalue weighted by Crippen LogP contribution is -2.28. The van der Waals surface area contributed by atoms with Gasteiger partial charge in [0.15, 0.2) is 6.10 Å². The molecule has 1 atom stereocenters. The molecule has 1 N–H and O–H groups in total. The summed E-state index contributed by atoms with van der Waals surface area (Å²) in [5.41, 5.74) is -2.63. The van der Waals surface area contributed by atoms with Crippen LogP contribution in [0.25, 0.3) is 0 Å². The predicted octanol–water partition coefficient (Wildman–Crippen LogP) is 3.84. The van der Waals surface area contributed by atoms with E-state index in [-0.39, 0.29) is 5.56 Å². The number of halogens is 5. The number of rotatable bonds is 3. The molecular weight excluding hydrogens is 397 g/mol. The summed E-state index contributed by atoms with van der Waals surface area (Å²) in [7, 11) is -5.37. The first kappa shape index (κ1) is 19.1. The number of ether oxygens (including phenoxy) is 1. The second-order valence-electron chi connectivity index (χ2n) is 5.55. The molecule has 5 nitrogen and oxygen atoms in total. The molecule has 0 amide bonds. The topological polar surface area (TPSA) is 87.4 Å². The molecule has 0 aromatic heterocycles. The Balaban J connectivity index is 2.20. The van der Waals surface area contributed by atoms with E-state index in [1.165, 1.54) is 0 Å². The zero-order valence-electron chi connectivity index (χ0n) is 13.0. The Morgan fingerprint density at radius 1 is 1.22 bits per heavy atom. The molecule has 1 aliphatic rings. The van der Waals surface area contributed by atoms with Crippen LogP contribution in [0.15, 0.2) is 35.2 Å². The number of benzene rings is 2. The maximum atomic E-state index is 13.9. The fraction of sp³-hybridized carbons (Fsp3) is 0.188. The van der Waals surface area contributed by atoms with Crippen molar-refractivity contribution in [2.75, 3.05) is 0 Å². The second-order valence-corrected chi connectivity index (χ2v) is 7.54. The van der Waals surface area contributed by atoms with E-state index in [4.69, 9.17) is 10.00 Å². The summed E-state index contributed by atoms with van der Waals surface area (Å²) in [5, 5.41) is 13.8. The van der Waals surface area contributed by atoms with E-state index in [1.54, 1.807) is 6.07 Å². The largest absolute Gasteiger partial charge is 0.457 e. The summed E-state index contributed by atoms with van der Waals surface area (Å²) < 4.78 is 96.9. The van der Waals surface area contributed by atoms with Crippen molar-refractivity contribution >= 4 is 9.84 Å². The predicted molar refractivity (Wildman–Crippen MR) is 79.7 cm³/mol. The Bertz CT molecular complexity index is 1080. The highest BCUT2D eigenvalue weighted by Gasteiger charge is 2.61. The van der Waals surface area contributed by atoms with Gasteiger partial charge in [0.2, 0.25) is 9.84 Å². The summed E-state index contributed by atoms with van der Waals surface area (Å²) >= 11 is 0. The molecule has 0 saturated carbocycles. The molecular formula is C16H8F5NO4S. The number of hydrogen-bond acceptors (Lipinski definition) is 5. The van der Waals surface area contributed by atoms with Crippen molar-refractivity contribution < 1.29 is 40.2 Å². The maximum Gasteiger partial charge on any atom is 0.379 e. The van der Waals surface area contributed by atoms with Crippen LogP contribution in [0.1, 0.15) is 29.2 Å². The highest BCUT2D eigenvalue weighted by atomic mass is 32.2. The lowest BCUT2D eigenvalue weighted by molar-refractivity contribution is -0.0391. The Kier molecular flexibility index (Phi) is 4.36. The number of sulfone groups is 1. The first-order valence-electron chi connectivity index (χ1n) is 7.14. The maximum absolute atomic E-state index is 13.9. The fourth-order valence-corrected chi connectivity index (χ4v) is 4.16. The standard InChI is InChI=1S/C16H8F5NO4S/c17-8-3-7(6-22)4-9(5-8)26-10-1-2-11-13(12(10)15(18)19)14(23)16(20,21)27(11,24)25/h1-5,14-15,23H/t14-/m0/s1. The van der Waals surface area contributed by atoms with Gasteiger partial charge in [-0.15, -0.1) is 0 Å². The van der Waals surface area contributed by atoms with Crippen LogP contribution in [0.2, 0.25) is 0 Å². The van der Waals surface area contributed by atoms with E-state index < -0.39 is 61.0 Å². The van der Waals surface area contributed by atoms with Crippen molar-refractivity contribution in [3.63, 3.8) is 0 Å². The highest BCUT2D eigenvalue weighted by Crippen LogP contribution is 2.53. The van der Waals surface area contributed by atoms with Crippen molar-refractivity contribution in [3.8, 4) is 17.6 Å². The number of nitriles is 1. The van der Waals surface area contributed by atoms with Crippen molar-refractivity contribution in [2.24, 2.45) is 0 Å². The molecule has 1 aliphatic heterocycles. The SMILES string of the molecule is N#Cc1cc(F)cc(Oc2ccc3c(c2C(F)F)[C@H](O)C(F)(F)S3(=O)=O)c1. The van der Waals surface area contributed by atoms with Gasteiger partial charge >= 0.3 is 5.25 Å². The lowest BCUT2D eigenvalue weighted by Gasteiger charge is -2.16. The van der Waals surface area contributed by atoms with Gasteiger partial charge in [-0.25, -0.2) is 21.6 Å². The van der Waals surface area contributed by atoms with E-state index in [1.807, 2.05) is 0 Å². The molecule has 1 heterocycles. The summed E-state index contributed by atoms with van der Waals surface area (Å²) in [4.78, 5) is -1.14. The van der Waals surface area contributed by atoms with Crippen molar-refractivity contribution in [1.29, 1.82) is 5.26 Å². The molecule has 2 aromatic rings. The van der Waals surface area contributed by atoms with Crippen LogP contribution in [0.4, 0.5) is 22.0 Å². The number of aliphatic hydroxyl groups excluding tert-OH is 1. The molecule has 0 spiro atoms. The van der Waals surface area contributed by atoms with Crippen LogP contribution in [0.3, 0.4) is 0 Å². The van der Waals surface area contributed by atoms with Crippen molar-refractivity contribution in [1.82, 2.24) is 0 Å². The van der Waals surface area contributed by atoms with Crippen molar-refractivity contribution in [3.05, 3.63) is 52.8 Å². The van der Waals surface area contributed by atoms with Gasteiger partial charge in [-0.2, -0.15) is 14.0 Å². The van der Waals surface area contributed by atoms with Gasteiger partial charge in [0, 0.05) is 11.6 Å². The Morgan fingerprint density at radius 2 is 1.89 bits per heavy atom. The average molecular weight is 405 g/mol. The molecule has 0 aliphatic carbocycles. The summed E-state index contributed by atoms with van der Waals surface area (Å²) in [6.45, 7) is 0. The molecule has 0 bridgehead atoms. The van der Waals surface area contributed by atoms with Gasteiger partial charge in [-0.05, 0) is 24.3 Å². The van der Waals surface area contributed by atoms with Gasteiger partial charge in [0.25, 0.3) is 6.43 Å². The van der Waals surface area contributed by atoms with E-state index in [0.717, 1.165) is 18.2 Å². The number of aliphatic hydroxyl groups is 1. The molecule has 0 saturated heterocycles. The zero-order valence-corrected chi connectivity index (χ0v) is 13.8. The molecule has 0 radical (unpaired) electrons. The van der Waals surface area contributed by atoms with Crippen LogP contribution in [0.5, 0.6) is 11.5 Å². The fourth-order valence-electron chi connectivity index (χ4n) is 2.70. The van der Waals surface area contributed by atoms with E-state index in [2.05, 4.69) is 0 Å². The first-order chi connectivity index (χ1) is 12.5. The molecule has 2 aromatic carbocycles. The quantitative estimate of drug-likeness (QED) is 0.784. The normalized spacial score (nSPS) is 19.6. The third-order valence-electron chi connectivity index (χ3n) is 3.89. The molecule has 142 valence electrons. The van der Waals surface area contributed by atoms with Crippen LogP contribution >= 0.6 is 0 Å². The molecule has 3 rings (SSSR count). The van der Waals surface area contributed by atoms with E-state index >= 15 is 0 Å². The second kappa shape index (κ2) is 6.17. The monoisotopic (exact) mass is 405 g/mol. The van der Waals surface area contributed by atoms with E-state index in [0.29, 0.717) is 12.1 Å². The summed E-state index contributed by atoms with van der Waals surface area (Å²) in [6.07, 6.45) is -6.51. The lowest BCUT2D eigenvalue weighted by atomic mass is 10.0. The Hall–Kier alpha value is -2.71. The minimum absolute atomic E-state index is 0.195. The van der Waals surface area contributed by atoms with Gasteiger partial charge in [0.1, 0.15) is 17.3 Å². The van der Waals surface area contributed by atoms with Gasteiger partial charge in [-0.3, -0.25) is 0 Å². The molecule has 27 heavy (non-hydrogen) atoms. The number of alkyl halides is 4. The number of fused-ring (bicyclic) bond motifs is 1.